The molecular weight excluding hydrogens is 240 g/mol. The number of piperidine rings is 1. The van der Waals surface area contributed by atoms with Crippen molar-refractivity contribution in [2.24, 2.45) is 5.92 Å². The van der Waals surface area contributed by atoms with E-state index in [1.54, 1.807) is 0 Å². The number of carbonyl (C=O) groups is 1. The lowest BCUT2D eigenvalue weighted by molar-refractivity contribution is -0.132. The molecule has 0 bridgehead atoms. The zero-order valence-electron chi connectivity index (χ0n) is 12.2. The molecule has 0 spiro atoms. The van der Waals surface area contributed by atoms with Gasteiger partial charge in [-0.05, 0) is 51.6 Å². The van der Waals surface area contributed by atoms with Gasteiger partial charge in [0.2, 0.25) is 5.91 Å². The largest absolute Gasteiger partial charge is 0.393 e. The number of hydrogen-bond donors (Lipinski definition) is 1. The van der Waals surface area contributed by atoms with E-state index in [1.807, 2.05) is 11.8 Å². The molecule has 2 aliphatic heterocycles. The topological polar surface area (TPSA) is 43.8 Å². The molecule has 2 fully saturated rings. The molecule has 2 heterocycles. The lowest BCUT2D eigenvalue weighted by Gasteiger charge is -2.34. The molecule has 0 radical (unpaired) electrons. The van der Waals surface area contributed by atoms with Gasteiger partial charge in [-0.3, -0.25) is 9.69 Å². The minimum Gasteiger partial charge on any atom is -0.393 e. The fraction of sp³-hybridized carbons (Fsp3) is 0.933. The van der Waals surface area contributed by atoms with E-state index in [-0.39, 0.29) is 6.10 Å². The predicted molar refractivity (Wildman–Crippen MR) is 75.9 cm³/mol. The molecule has 19 heavy (non-hydrogen) atoms. The highest BCUT2D eigenvalue weighted by atomic mass is 16.3. The number of amides is 1. The van der Waals surface area contributed by atoms with E-state index >= 15 is 0 Å². The summed E-state index contributed by atoms with van der Waals surface area (Å²) < 4.78 is 0. The Labute approximate surface area is 116 Å². The van der Waals surface area contributed by atoms with Crippen LogP contribution in [0.5, 0.6) is 0 Å². The summed E-state index contributed by atoms with van der Waals surface area (Å²) in [6.07, 6.45) is 6.69. The Morgan fingerprint density at radius 3 is 2.21 bits per heavy atom. The molecular formula is C15H28N2O2. The monoisotopic (exact) mass is 268 g/mol. The molecule has 1 N–H and O–H groups in total. The Bertz CT molecular complexity index is 278. The average Bonchev–Trinajstić information content (AvgIpc) is 2.68. The van der Waals surface area contributed by atoms with Crippen LogP contribution in [0.3, 0.4) is 0 Å². The summed E-state index contributed by atoms with van der Waals surface area (Å²) in [6, 6.07) is 0. The van der Waals surface area contributed by atoms with Gasteiger partial charge in [0.25, 0.3) is 0 Å². The van der Waals surface area contributed by atoms with E-state index in [2.05, 4.69) is 4.90 Å². The van der Waals surface area contributed by atoms with E-state index in [0.717, 1.165) is 51.9 Å². The van der Waals surface area contributed by atoms with Crippen LogP contribution in [-0.2, 0) is 4.79 Å². The zero-order valence-corrected chi connectivity index (χ0v) is 12.2. The molecule has 1 atom stereocenters. The number of aliphatic hydroxyl groups excluding tert-OH is 1. The summed E-state index contributed by atoms with van der Waals surface area (Å²) >= 11 is 0. The first kappa shape index (κ1) is 14.8. The second-order valence-corrected chi connectivity index (χ2v) is 6.15. The standard InChI is InChI=1S/C15H28N2O2/c1-13(18)14-6-10-16(11-7-14)12-15(19)17-8-4-2-3-5-9-17/h13-14,18H,2-12H2,1H3/t13-/m1/s1. The number of aliphatic hydroxyl groups is 1. The van der Waals surface area contributed by atoms with Gasteiger partial charge in [0, 0.05) is 13.1 Å². The van der Waals surface area contributed by atoms with Crippen LogP contribution in [0.1, 0.15) is 45.4 Å². The van der Waals surface area contributed by atoms with Crippen molar-refractivity contribution in [1.29, 1.82) is 0 Å². The molecule has 2 rings (SSSR count). The highest BCUT2D eigenvalue weighted by Gasteiger charge is 2.25. The molecule has 4 nitrogen and oxygen atoms in total. The normalized spacial score (nSPS) is 25.1. The van der Waals surface area contributed by atoms with Gasteiger partial charge in [0.15, 0.2) is 0 Å². The van der Waals surface area contributed by atoms with Gasteiger partial charge >= 0.3 is 0 Å². The molecule has 1 amide bonds. The van der Waals surface area contributed by atoms with Crippen molar-refractivity contribution in [2.45, 2.75) is 51.6 Å². The van der Waals surface area contributed by atoms with Crippen LogP contribution < -0.4 is 0 Å². The molecule has 2 aliphatic rings. The first-order valence-electron chi connectivity index (χ1n) is 7.85. The molecule has 0 aromatic heterocycles. The summed E-state index contributed by atoms with van der Waals surface area (Å²) in [5.41, 5.74) is 0. The molecule has 2 saturated heterocycles. The van der Waals surface area contributed by atoms with Gasteiger partial charge in [-0.1, -0.05) is 12.8 Å². The van der Waals surface area contributed by atoms with E-state index < -0.39 is 0 Å². The smallest absolute Gasteiger partial charge is 0.236 e. The number of likely N-dealkylation sites (tertiary alicyclic amines) is 2. The van der Waals surface area contributed by atoms with E-state index in [9.17, 15) is 9.90 Å². The van der Waals surface area contributed by atoms with Crippen LogP contribution >= 0.6 is 0 Å². The molecule has 4 heteroatoms. The van der Waals surface area contributed by atoms with Gasteiger partial charge in [-0.15, -0.1) is 0 Å². The second kappa shape index (κ2) is 7.25. The Hall–Kier alpha value is -0.610. The molecule has 0 aromatic rings. The summed E-state index contributed by atoms with van der Waals surface area (Å²) in [6.45, 7) is 6.26. The summed E-state index contributed by atoms with van der Waals surface area (Å²) in [7, 11) is 0. The zero-order chi connectivity index (χ0) is 13.7. The SMILES string of the molecule is C[C@@H](O)C1CCN(CC(=O)N2CCCCCC2)CC1. The highest BCUT2D eigenvalue weighted by molar-refractivity contribution is 5.78. The van der Waals surface area contributed by atoms with Crippen LogP contribution in [0.2, 0.25) is 0 Å². The van der Waals surface area contributed by atoms with Crippen molar-refractivity contribution in [1.82, 2.24) is 9.80 Å². The Kier molecular flexibility index (Phi) is 5.64. The first-order chi connectivity index (χ1) is 9.16. The minimum atomic E-state index is -0.205. The lowest BCUT2D eigenvalue weighted by Crippen LogP contribution is -2.44. The maximum Gasteiger partial charge on any atom is 0.236 e. The number of nitrogens with zero attached hydrogens (tertiary/aromatic N) is 2. The third-order valence-corrected chi connectivity index (χ3v) is 4.63. The molecule has 0 saturated carbocycles. The van der Waals surface area contributed by atoms with Crippen molar-refractivity contribution in [3.8, 4) is 0 Å². The van der Waals surface area contributed by atoms with Crippen molar-refractivity contribution >= 4 is 5.91 Å². The average molecular weight is 268 g/mol. The Morgan fingerprint density at radius 2 is 1.68 bits per heavy atom. The molecule has 110 valence electrons. The Morgan fingerprint density at radius 1 is 1.11 bits per heavy atom. The van der Waals surface area contributed by atoms with E-state index in [0.29, 0.717) is 18.4 Å². The van der Waals surface area contributed by atoms with Gasteiger partial charge < -0.3 is 10.0 Å². The van der Waals surface area contributed by atoms with Crippen LogP contribution in [0.15, 0.2) is 0 Å². The Balaban J connectivity index is 1.73. The summed E-state index contributed by atoms with van der Waals surface area (Å²) in [4.78, 5) is 16.6. The maximum atomic E-state index is 12.3. The van der Waals surface area contributed by atoms with Crippen LogP contribution in [0.25, 0.3) is 0 Å². The minimum absolute atomic E-state index is 0.205. The van der Waals surface area contributed by atoms with Gasteiger partial charge in [-0.2, -0.15) is 0 Å². The fourth-order valence-electron chi connectivity index (χ4n) is 3.20. The first-order valence-corrected chi connectivity index (χ1v) is 7.85. The third kappa shape index (κ3) is 4.46. The van der Waals surface area contributed by atoms with Crippen LogP contribution in [-0.4, -0.2) is 59.6 Å². The van der Waals surface area contributed by atoms with Crippen molar-refractivity contribution in [2.75, 3.05) is 32.7 Å². The quantitative estimate of drug-likeness (QED) is 0.843. The van der Waals surface area contributed by atoms with Crippen molar-refractivity contribution < 1.29 is 9.90 Å². The maximum absolute atomic E-state index is 12.3. The fourth-order valence-corrected chi connectivity index (χ4v) is 3.20. The van der Waals surface area contributed by atoms with Crippen LogP contribution in [0, 0.1) is 5.92 Å². The number of rotatable bonds is 3. The number of carbonyl (C=O) groups excluding carboxylic acids is 1. The molecule has 0 aromatic carbocycles. The molecule has 0 aliphatic carbocycles. The number of hydrogen-bond acceptors (Lipinski definition) is 3. The predicted octanol–water partition coefficient (Wildman–Crippen LogP) is 1.48. The van der Waals surface area contributed by atoms with Gasteiger partial charge in [-0.25, -0.2) is 0 Å². The van der Waals surface area contributed by atoms with E-state index in [4.69, 9.17) is 0 Å². The van der Waals surface area contributed by atoms with Crippen molar-refractivity contribution in [3.63, 3.8) is 0 Å². The van der Waals surface area contributed by atoms with Crippen molar-refractivity contribution in [3.05, 3.63) is 0 Å². The summed E-state index contributed by atoms with van der Waals surface area (Å²) in [5, 5.41) is 9.59. The molecule has 0 unspecified atom stereocenters. The lowest BCUT2D eigenvalue weighted by atomic mass is 9.92. The van der Waals surface area contributed by atoms with Crippen LogP contribution in [0.4, 0.5) is 0 Å². The highest BCUT2D eigenvalue weighted by Crippen LogP contribution is 2.20. The summed E-state index contributed by atoms with van der Waals surface area (Å²) in [5.74, 6) is 0.724. The second-order valence-electron chi connectivity index (χ2n) is 6.15. The van der Waals surface area contributed by atoms with Gasteiger partial charge in [0.05, 0.1) is 12.6 Å². The van der Waals surface area contributed by atoms with E-state index in [1.165, 1.54) is 12.8 Å². The van der Waals surface area contributed by atoms with Gasteiger partial charge in [0.1, 0.15) is 0 Å². The third-order valence-electron chi connectivity index (χ3n) is 4.63.